The van der Waals surface area contributed by atoms with Crippen molar-refractivity contribution in [3.63, 3.8) is 0 Å². The zero-order chi connectivity index (χ0) is 19.8. The summed E-state index contributed by atoms with van der Waals surface area (Å²) in [6.45, 7) is 10.7. The lowest BCUT2D eigenvalue weighted by Gasteiger charge is -2.37. The first kappa shape index (κ1) is 19.7. The first-order valence-corrected chi connectivity index (χ1v) is 11.7. The molecule has 2 fully saturated rings. The van der Waals surface area contributed by atoms with Gasteiger partial charge in [-0.05, 0) is 62.1 Å². The van der Waals surface area contributed by atoms with Crippen LogP contribution in [0.3, 0.4) is 0 Å². The molecule has 2 heterocycles. The predicted octanol–water partition coefficient (Wildman–Crippen LogP) is 5.07. The van der Waals surface area contributed by atoms with Gasteiger partial charge in [-0.15, -0.1) is 0 Å². The maximum Gasteiger partial charge on any atom is 0.225 e. The summed E-state index contributed by atoms with van der Waals surface area (Å²) >= 11 is 1.77. The zero-order valence-corrected chi connectivity index (χ0v) is 18.4. The van der Waals surface area contributed by atoms with Gasteiger partial charge in [0.15, 0.2) is 5.13 Å². The van der Waals surface area contributed by atoms with Crippen molar-refractivity contribution in [2.75, 3.05) is 18.0 Å². The Morgan fingerprint density at radius 2 is 2.00 bits per heavy atom. The first-order valence-electron chi connectivity index (χ1n) is 10.9. The number of hydrogen-bond donors (Lipinski definition) is 1. The average molecular weight is 400 g/mol. The molecular formula is C23H33N3OS. The highest BCUT2D eigenvalue weighted by atomic mass is 32.1. The van der Waals surface area contributed by atoms with Crippen LogP contribution in [-0.2, 0) is 4.79 Å². The molecule has 1 aromatic carbocycles. The number of carbonyl (C=O) groups is 1. The van der Waals surface area contributed by atoms with E-state index in [2.05, 4.69) is 50.0 Å². The monoisotopic (exact) mass is 399 g/mol. The van der Waals surface area contributed by atoms with Crippen LogP contribution in [0, 0.1) is 31.6 Å². The van der Waals surface area contributed by atoms with Crippen LogP contribution in [0.4, 0.5) is 5.13 Å². The van der Waals surface area contributed by atoms with E-state index in [1.165, 1.54) is 28.7 Å². The van der Waals surface area contributed by atoms with Crippen LogP contribution in [0.2, 0.25) is 0 Å². The highest BCUT2D eigenvalue weighted by molar-refractivity contribution is 7.22. The fourth-order valence-corrected chi connectivity index (χ4v) is 6.12. The Morgan fingerprint density at radius 3 is 2.82 bits per heavy atom. The number of rotatable bonds is 3. The second-order valence-corrected chi connectivity index (χ2v) is 10.1. The number of carbonyl (C=O) groups excluding carboxylic acids is 1. The van der Waals surface area contributed by atoms with Gasteiger partial charge in [-0.25, -0.2) is 4.98 Å². The number of nitrogens with one attached hydrogen (secondary N) is 1. The van der Waals surface area contributed by atoms with Gasteiger partial charge in [-0.2, -0.15) is 0 Å². The third kappa shape index (κ3) is 3.91. The summed E-state index contributed by atoms with van der Waals surface area (Å²) in [5.74, 6) is 1.61. The van der Waals surface area contributed by atoms with E-state index < -0.39 is 0 Å². The summed E-state index contributed by atoms with van der Waals surface area (Å²) in [5, 5.41) is 4.47. The van der Waals surface area contributed by atoms with Gasteiger partial charge in [-0.3, -0.25) is 4.79 Å². The van der Waals surface area contributed by atoms with E-state index in [-0.39, 0.29) is 11.8 Å². The highest BCUT2D eigenvalue weighted by Crippen LogP contribution is 2.34. The molecule has 2 aliphatic rings. The molecule has 0 bridgehead atoms. The normalized spacial score (nSPS) is 28.5. The topological polar surface area (TPSA) is 45.2 Å². The molecule has 1 amide bonds. The van der Waals surface area contributed by atoms with Crippen molar-refractivity contribution >= 4 is 32.6 Å². The van der Waals surface area contributed by atoms with Crippen molar-refractivity contribution in [2.24, 2.45) is 17.8 Å². The number of thiazole rings is 1. The van der Waals surface area contributed by atoms with Crippen molar-refractivity contribution in [1.82, 2.24) is 10.3 Å². The summed E-state index contributed by atoms with van der Waals surface area (Å²) in [6, 6.07) is 4.77. The zero-order valence-electron chi connectivity index (χ0n) is 17.6. The quantitative estimate of drug-likeness (QED) is 0.784. The van der Waals surface area contributed by atoms with Gasteiger partial charge in [0, 0.05) is 19.1 Å². The molecule has 4 rings (SSSR count). The fourth-order valence-electron chi connectivity index (χ4n) is 4.95. The minimum absolute atomic E-state index is 0.0769. The predicted molar refractivity (Wildman–Crippen MR) is 118 cm³/mol. The first-order chi connectivity index (χ1) is 13.4. The number of piperidine rings is 1. The van der Waals surface area contributed by atoms with Crippen LogP contribution >= 0.6 is 11.3 Å². The minimum Gasteiger partial charge on any atom is -0.353 e. The Hall–Kier alpha value is -1.62. The van der Waals surface area contributed by atoms with E-state index in [4.69, 9.17) is 4.98 Å². The highest BCUT2D eigenvalue weighted by Gasteiger charge is 2.32. The van der Waals surface area contributed by atoms with Crippen molar-refractivity contribution in [3.8, 4) is 0 Å². The second kappa shape index (κ2) is 8.02. The Labute approximate surface area is 172 Å². The van der Waals surface area contributed by atoms with Crippen LogP contribution in [0.15, 0.2) is 12.1 Å². The number of nitrogens with zero attached hydrogens (tertiary/aromatic N) is 2. The molecule has 1 aliphatic heterocycles. The van der Waals surface area contributed by atoms with Gasteiger partial charge in [0.2, 0.25) is 5.91 Å². The molecular weight excluding hydrogens is 366 g/mol. The maximum atomic E-state index is 13.0. The molecule has 4 atom stereocenters. The van der Waals surface area contributed by atoms with E-state index in [1.54, 1.807) is 11.3 Å². The van der Waals surface area contributed by atoms with Crippen LogP contribution in [0.25, 0.3) is 10.2 Å². The molecule has 1 aromatic heterocycles. The number of aromatic nitrogens is 1. The minimum atomic E-state index is 0.0769. The third-order valence-electron chi connectivity index (χ3n) is 6.92. The van der Waals surface area contributed by atoms with Gasteiger partial charge in [0.1, 0.15) is 0 Å². The van der Waals surface area contributed by atoms with Gasteiger partial charge in [0.25, 0.3) is 0 Å². The average Bonchev–Trinajstić information content (AvgIpc) is 3.10. The summed E-state index contributed by atoms with van der Waals surface area (Å²) < 4.78 is 1.25. The van der Waals surface area contributed by atoms with Gasteiger partial charge in [-0.1, -0.05) is 44.1 Å². The lowest BCUT2D eigenvalue weighted by molar-refractivity contribution is -0.126. The summed E-state index contributed by atoms with van der Waals surface area (Å²) in [6.07, 6.45) is 5.70. The number of benzene rings is 1. The third-order valence-corrected chi connectivity index (χ3v) is 7.98. The van der Waals surface area contributed by atoms with Crippen molar-refractivity contribution in [1.29, 1.82) is 0 Å². The summed E-state index contributed by atoms with van der Waals surface area (Å²) in [4.78, 5) is 20.3. The van der Waals surface area contributed by atoms with E-state index in [0.29, 0.717) is 17.9 Å². The Morgan fingerprint density at radius 1 is 1.18 bits per heavy atom. The number of fused-ring (bicyclic) bond motifs is 1. The molecule has 1 aliphatic carbocycles. The standard InChI is InChI=1S/C23H33N3OS/c1-14-11-16(3)21-20(12-14)28-23(25-21)26-10-6-8-18(13-26)22(27)24-19-9-5-7-15(2)17(19)4/h11-12,15,17-19H,5-10,13H2,1-4H3,(H,24,27)/t15-,17-,18+,19-/m1/s1. The van der Waals surface area contributed by atoms with Crippen LogP contribution in [-0.4, -0.2) is 30.0 Å². The van der Waals surface area contributed by atoms with Crippen LogP contribution < -0.4 is 10.2 Å². The second-order valence-electron chi connectivity index (χ2n) is 9.09. The van der Waals surface area contributed by atoms with Crippen LogP contribution in [0.5, 0.6) is 0 Å². The van der Waals surface area contributed by atoms with E-state index in [9.17, 15) is 4.79 Å². The molecule has 28 heavy (non-hydrogen) atoms. The van der Waals surface area contributed by atoms with E-state index in [0.717, 1.165) is 43.0 Å². The van der Waals surface area contributed by atoms with Gasteiger partial charge in [0.05, 0.1) is 16.1 Å². The largest absolute Gasteiger partial charge is 0.353 e. The molecule has 0 radical (unpaired) electrons. The van der Waals surface area contributed by atoms with Crippen molar-refractivity contribution in [2.45, 2.75) is 65.8 Å². The van der Waals surface area contributed by atoms with Crippen molar-refractivity contribution in [3.05, 3.63) is 23.3 Å². The molecule has 5 heteroatoms. The molecule has 1 N–H and O–H groups in total. The van der Waals surface area contributed by atoms with Crippen molar-refractivity contribution < 1.29 is 4.79 Å². The van der Waals surface area contributed by atoms with Crippen LogP contribution in [0.1, 0.15) is 57.1 Å². The SMILES string of the molecule is Cc1cc(C)c2nc(N3CCC[C@H](C(=O)N[C@@H]4CCC[C@@H](C)[C@H]4C)C3)sc2c1. The smallest absolute Gasteiger partial charge is 0.225 e. The number of hydrogen-bond acceptors (Lipinski definition) is 4. The molecule has 4 nitrogen and oxygen atoms in total. The molecule has 1 saturated carbocycles. The fraction of sp³-hybridized carbons (Fsp3) is 0.652. The lowest BCUT2D eigenvalue weighted by Crippen LogP contribution is -2.49. The molecule has 0 unspecified atom stereocenters. The number of amides is 1. The van der Waals surface area contributed by atoms with E-state index >= 15 is 0 Å². The molecule has 0 spiro atoms. The van der Waals surface area contributed by atoms with Gasteiger partial charge >= 0.3 is 0 Å². The summed E-state index contributed by atoms with van der Waals surface area (Å²) in [7, 11) is 0. The lowest BCUT2D eigenvalue weighted by atomic mass is 9.78. The summed E-state index contributed by atoms with van der Waals surface area (Å²) in [5.41, 5.74) is 3.64. The Balaban J connectivity index is 1.45. The Kier molecular flexibility index (Phi) is 5.64. The van der Waals surface area contributed by atoms with Gasteiger partial charge < -0.3 is 10.2 Å². The molecule has 2 aromatic rings. The molecule has 1 saturated heterocycles. The molecule has 152 valence electrons. The Bertz CT molecular complexity index is 861. The number of aryl methyl sites for hydroxylation is 2. The maximum absolute atomic E-state index is 13.0. The number of anilines is 1. The van der Waals surface area contributed by atoms with E-state index in [1.807, 2.05) is 0 Å².